The second kappa shape index (κ2) is 6.22. The molecule has 10 heteroatoms. The molecule has 6 nitrogen and oxygen atoms in total. The fourth-order valence-electron chi connectivity index (χ4n) is 3.27. The molecule has 3 heterocycles. The number of hydrogen-bond acceptors (Lipinski definition) is 6. The van der Waals surface area contributed by atoms with E-state index < -0.39 is 30.4 Å². The number of carbonyl (C=O) groups is 2. The number of piperazine rings is 1. The molecule has 4 rings (SSSR count). The van der Waals surface area contributed by atoms with Crippen molar-refractivity contribution in [2.24, 2.45) is 0 Å². The summed E-state index contributed by atoms with van der Waals surface area (Å²) in [5, 5.41) is 5.79. The smallest absolute Gasteiger partial charge is 0.420 e. The Labute approximate surface area is 150 Å². The monoisotopic (exact) mass is 385 g/mol. The van der Waals surface area contributed by atoms with Gasteiger partial charge in [0.05, 0.1) is 0 Å². The van der Waals surface area contributed by atoms with E-state index in [0.29, 0.717) is 18.8 Å². The van der Waals surface area contributed by atoms with Crippen LogP contribution in [0.1, 0.15) is 0 Å². The van der Waals surface area contributed by atoms with E-state index in [1.807, 2.05) is 11.4 Å². The fraction of sp³-hybridized carbons (Fsp3) is 0.375. The zero-order valence-corrected chi connectivity index (χ0v) is 14.1. The van der Waals surface area contributed by atoms with E-state index in [4.69, 9.17) is 4.74 Å². The van der Waals surface area contributed by atoms with Crippen LogP contribution in [0.15, 0.2) is 29.6 Å². The number of rotatable bonds is 2. The fourth-order valence-corrected chi connectivity index (χ4v) is 4.04. The molecule has 26 heavy (non-hydrogen) atoms. The highest BCUT2D eigenvalue weighted by Crippen LogP contribution is 2.34. The number of fused-ring (bicyclic) bond motifs is 2. The van der Waals surface area contributed by atoms with E-state index in [9.17, 15) is 22.8 Å². The van der Waals surface area contributed by atoms with Crippen molar-refractivity contribution in [3.05, 3.63) is 29.6 Å². The summed E-state index contributed by atoms with van der Waals surface area (Å²) in [6.07, 6.45) is -6.54. The van der Waals surface area contributed by atoms with Crippen LogP contribution in [-0.2, 0) is 14.3 Å². The molecule has 2 atom stereocenters. The number of carbonyl (C=O) groups excluding carboxylic acids is 2. The maximum absolute atomic E-state index is 12.8. The van der Waals surface area contributed by atoms with E-state index >= 15 is 0 Å². The van der Waals surface area contributed by atoms with Crippen LogP contribution in [-0.4, -0.2) is 55.0 Å². The van der Waals surface area contributed by atoms with Crippen LogP contribution < -0.4 is 10.2 Å². The number of hydrogen-bond donors (Lipinski definition) is 1. The zero-order valence-electron chi connectivity index (χ0n) is 13.3. The molecule has 2 aliphatic heterocycles. The molecule has 1 aromatic heterocycles. The van der Waals surface area contributed by atoms with Gasteiger partial charge >= 0.3 is 12.1 Å². The molecule has 1 amide bonds. The molecule has 0 spiro atoms. The molecular weight excluding hydrogens is 371 g/mol. The van der Waals surface area contributed by atoms with Crippen molar-refractivity contribution in [1.29, 1.82) is 0 Å². The molecule has 1 aromatic carbocycles. The summed E-state index contributed by atoms with van der Waals surface area (Å²) < 4.78 is 43.8. The van der Waals surface area contributed by atoms with E-state index in [0.717, 1.165) is 15.0 Å². The quantitative estimate of drug-likeness (QED) is 0.801. The standard InChI is InChI=1S/C16H14F3N3O3S/c17-16(18,19)14(24)25-15-21-5-4-20-8-11(21)13(23)22(15)10-1-2-12-9(7-10)3-6-26-12/h1-3,6-7,11,15,20H,4-5,8H2. The van der Waals surface area contributed by atoms with Gasteiger partial charge in [0.25, 0.3) is 0 Å². The zero-order chi connectivity index (χ0) is 18.5. The molecule has 0 radical (unpaired) electrons. The number of esters is 1. The number of alkyl halides is 3. The van der Waals surface area contributed by atoms with Crippen molar-refractivity contribution in [3.63, 3.8) is 0 Å². The number of benzene rings is 1. The molecule has 0 aliphatic carbocycles. The summed E-state index contributed by atoms with van der Waals surface area (Å²) in [6, 6.07) is 6.34. The summed E-state index contributed by atoms with van der Waals surface area (Å²) in [5.41, 5.74) is 0.398. The summed E-state index contributed by atoms with van der Waals surface area (Å²) >= 11 is 1.52. The first kappa shape index (κ1) is 17.3. The van der Waals surface area contributed by atoms with Crippen LogP contribution in [0.2, 0.25) is 0 Å². The SMILES string of the molecule is O=C1C2CNCCN2C(OC(=O)C(F)(F)F)N1c1ccc2sccc2c1. The number of ether oxygens (including phenoxy) is 1. The molecule has 2 aromatic rings. The summed E-state index contributed by atoms with van der Waals surface area (Å²) in [5.74, 6) is -2.71. The maximum atomic E-state index is 12.8. The maximum Gasteiger partial charge on any atom is 0.491 e. The molecule has 2 saturated heterocycles. The summed E-state index contributed by atoms with van der Waals surface area (Å²) in [4.78, 5) is 26.9. The first-order valence-corrected chi connectivity index (χ1v) is 8.79. The molecule has 2 unspecified atom stereocenters. The van der Waals surface area contributed by atoms with Crippen LogP contribution in [0.25, 0.3) is 10.1 Å². The van der Waals surface area contributed by atoms with Crippen LogP contribution in [0.3, 0.4) is 0 Å². The Kier molecular flexibility index (Phi) is 4.13. The van der Waals surface area contributed by atoms with Crippen LogP contribution in [0, 0.1) is 0 Å². The second-order valence-corrected chi connectivity index (χ2v) is 6.99. The molecular formula is C16H14F3N3O3S. The van der Waals surface area contributed by atoms with Crippen molar-refractivity contribution in [2.75, 3.05) is 24.5 Å². The Morgan fingerprint density at radius 2 is 2.12 bits per heavy atom. The van der Waals surface area contributed by atoms with E-state index in [1.165, 1.54) is 16.2 Å². The number of anilines is 1. The van der Waals surface area contributed by atoms with Crippen molar-refractivity contribution in [2.45, 2.75) is 18.6 Å². The third-order valence-corrected chi connectivity index (χ3v) is 5.37. The minimum atomic E-state index is -5.13. The average Bonchev–Trinajstić information content (AvgIpc) is 3.17. The second-order valence-electron chi connectivity index (χ2n) is 6.04. The average molecular weight is 385 g/mol. The van der Waals surface area contributed by atoms with Crippen LogP contribution in [0.5, 0.6) is 0 Å². The predicted molar refractivity (Wildman–Crippen MR) is 88.6 cm³/mol. The lowest BCUT2D eigenvalue weighted by Gasteiger charge is -2.32. The van der Waals surface area contributed by atoms with Crippen molar-refractivity contribution in [1.82, 2.24) is 10.2 Å². The number of halogens is 3. The Morgan fingerprint density at radius 3 is 2.88 bits per heavy atom. The highest BCUT2D eigenvalue weighted by molar-refractivity contribution is 7.17. The third-order valence-electron chi connectivity index (χ3n) is 4.47. The van der Waals surface area contributed by atoms with Gasteiger partial charge in [0.1, 0.15) is 6.04 Å². The summed E-state index contributed by atoms with van der Waals surface area (Å²) in [7, 11) is 0. The van der Waals surface area contributed by atoms with Gasteiger partial charge in [-0.3, -0.25) is 9.69 Å². The van der Waals surface area contributed by atoms with Crippen molar-refractivity contribution < 1.29 is 27.5 Å². The lowest BCUT2D eigenvalue weighted by molar-refractivity contribution is -0.211. The van der Waals surface area contributed by atoms with Gasteiger partial charge in [-0.25, -0.2) is 9.69 Å². The topological polar surface area (TPSA) is 61.9 Å². The minimum absolute atomic E-state index is 0.288. The molecule has 138 valence electrons. The van der Waals surface area contributed by atoms with Crippen molar-refractivity contribution >= 4 is 39.0 Å². The Hall–Kier alpha value is -2.17. The first-order chi connectivity index (χ1) is 12.4. The highest BCUT2D eigenvalue weighted by Gasteiger charge is 2.52. The van der Waals surface area contributed by atoms with Gasteiger partial charge in [0.2, 0.25) is 12.3 Å². The Bertz CT molecular complexity index is 869. The van der Waals surface area contributed by atoms with Gasteiger partial charge in [-0.2, -0.15) is 13.2 Å². The highest BCUT2D eigenvalue weighted by atomic mass is 32.1. The molecule has 0 saturated carbocycles. The normalized spacial score (nSPS) is 24.1. The van der Waals surface area contributed by atoms with Crippen molar-refractivity contribution in [3.8, 4) is 0 Å². The van der Waals surface area contributed by atoms with Gasteiger partial charge in [0.15, 0.2) is 0 Å². The number of nitrogens with zero attached hydrogens (tertiary/aromatic N) is 2. The van der Waals surface area contributed by atoms with Crippen LogP contribution >= 0.6 is 11.3 Å². The van der Waals surface area contributed by atoms with Gasteiger partial charge in [0, 0.05) is 30.0 Å². The summed E-state index contributed by atoms with van der Waals surface area (Å²) in [6.45, 7) is 1.07. The Morgan fingerprint density at radius 1 is 1.31 bits per heavy atom. The van der Waals surface area contributed by atoms with Gasteiger partial charge in [-0.1, -0.05) is 0 Å². The van der Waals surface area contributed by atoms with Gasteiger partial charge in [-0.15, -0.1) is 11.3 Å². The van der Waals surface area contributed by atoms with E-state index in [1.54, 1.807) is 18.2 Å². The molecule has 2 fully saturated rings. The molecule has 1 N–H and O–H groups in total. The third kappa shape index (κ3) is 2.83. The van der Waals surface area contributed by atoms with E-state index in [-0.39, 0.29) is 6.54 Å². The number of amides is 1. The first-order valence-electron chi connectivity index (χ1n) is 7.91. The molecule has 0 bridgehead atoms. The van der Waals surface area contributed by atoms with Gasteiger partial charge in [-0.05, 0) is 35.0 Å². The molecule has 2 aliphatic rings. The van der Waals surface area contributed by atoms with Crippen LogP contribution in [0.4, 0.5) is 18.9 Å². The largest absolute Gasteiger partial charge is 0.491 e. The lowest BCUT2D eigenvalue weighted by atomic mass is 10.2. The van der Waals surface area contributed by atoms with Gasteiger partial charge < -0.3 is 10.1 Å². The number of thiophene rings is 1. The predicted octanol–water partition coefficient (Wildman–Crippen LogP) is 1.91. The Balaban J connectivity index is 1.73. The minimum Gasteiger partial charge on any atom is -0.420 e. The lowest BCUT2D eigenvalue weighted by Crippen LogP contribution is -2.54. The number of nitrogens with one attached hydrogen (secondary N) is 1. The van der Waals surface area contributed by atoms with E-state index in [2.05, 4.69) is 5.32 Å².